The van der Waals surface area contributed by atoms with Crippen molar-refractivity contribution < 1.29 is 9.21 Å². The molecule has 0 saturated carbocycles. The van der Waals surface area contributed by atoms with Gasteiger partial charge >= 0.3 is 0 Å². The van der Waals surface area contributed by atoms with Gasteiger partial charge in [-0.25, -0.2) is 4.99 Å². The highest BCUT2D eigenvalue weighted by molar-refractivity contribution is 14.1. The number of nitrogens with zero attached hydrogens (tertiary/aromatic N) is 1. The molecule has 0 unspecified atom stereocenters. The molecule has 0 radical (unpaired) electrons. The number of amides is 1. The molecule has 2 aromatic rings. The molecule has 100 valence electrons. The number of para-hydroxylation sites is 1. The lowest BCUT2D eigenvalue weighted by atomic mass is 10.3. The Hall–Kier alpha value is -1.54. The van der Waals surface area contributed by atoms with Crippen LogP contribution in [0.3, 0.4) is 0 Å². The first-order valence-corrected chi connectivity index (χ1v) is 7.70. The van der Waals surface area contributed by atoms with E-state index in [0.717, 1.165) is 9.45 Å². The van der Waals surface area contributed by atoms with E-state index >= 15 is 0 Å². The number of hydrogen-bond donors (Lipinski definition) is 1. The molecule has 1 N–H and O–H groups in total. The van der Waals surface area contributed by atoms with Crippen LogP contribution in [0.5, 0.6) is 0 Å². The number of hydrogen-bond acceptors (Lipinski definition) is 4. The Morgan fingerprint density at radius 2 is 2.00 bits per heavy atom. The van der Waals surface area contributed by atoms with Crippen LogP contribution in [0.1, 0.15) is 5.76 Å². The maximum atomic E-state index is 11.9. The van der Waals surface area contributed by atoms with E-state index in [-0.39, 0.29) is 5.91 Å². The van der Waals surface area contributed by atoms with Crippen molar-refractivity contribution in [2.45, 2.75) is 0 Å². The second-order valence-electron chi connectivity index (χ2n) is 3.96. The van der Waals surface area contributed by atoms with Crippen LogP contribution in [0, 0.1) is 3.77 Å². The van der Waals surface area contributed by atoms with Crippen molar-refractivity contribution >= 4 is 57.2 Å². The number of aliphatic imine (C=N–C) groups is 1. The number of nitrogens with one attached hydrogen (secondary N) is 1. The van der Waals surface area contributed by atoms with Gasteiger partial charge in [0, 0.05) is 6.08 Å². The van der Waals surface area contributed by atoms with Gasteiger partial charge in [0.25, 0.3) is 5.91 Å². The smallest absolute Gasteiger partial charge is 0.264 e. The summed E-state index contributed by atoms with van der Waals surface area (Å²) in [6.07, 6.45) is 1.72. The predicted molar refractivity (Wildman–Crippen MR) is 88.7 cm³/mol. The Morgan fingerprint density at radius 3 is 2.70 bits per heavy atom. The first kappa shape index (κ1) is 13.4. The molecule has 1 saturated heterocycles. The van der Waals surface area contributed by atoms with E-state index in [1.54, 1.807) is 6.08 Å². The topological polar surface area (TPSA) is 54.6 Å². The van der Waals surface area contributed by atoms with E-state index in [1.807, 2.05) is 42.5 Å². The summed E-state index contributed by atoms with van der Waals surface area (Å²) in [5.41, 5.74) is 0.809. The molecular weight excluding hydrogens is 387 g/mol. The van der Waals surface area contributed by atoms with E-state index < -0.39 is 0 Å². The molecule has 3 rings (SSSR count). The summed E-state index contributed by atoms with van der Waals surface area (Å²) < 4.78 is 6.21. The summed E-state index contributed by atoms with van der Waals surface area (Å²) in [5, 5.41) is 3.32. The van der Waals surface area contributed by atoms with E-state index in [1.165, 1.54) is 11.8 Å². The van der Waals surface area contributed by atoms with Crippen LogP contribution in [0.15, 0.2) is 56.8 Å². The van der Waals surface area contributed by atoms with Gasteiger partial charge in [0.2, 0.25) is 0 Å². The highest BCUT2D eigenvalue weighted by Gasteiger charge is 2.24. The highest BCUT2D eigenvalue weighted by Crippen LogP contribution is 2.28. The van der Waals surface area contributed by atoms with E-state index in [2.05, 4.69) is 32.9 Å². The van der Waals surface area contributed by atoms with Gasteiger partial charge in [-0.3, -0.25) is 4.79 Å². The fourth-order valence-electron chi connectivity index (χ4n) is 1.64. The van der Waals surface area contributed by atoms with Crippen molar-refractivity contribution in [3.8, 4) is 0 Å². The highest BCUT2D eigenvalue weighted by atomic mass is 127. The first-order valence-electron chi connectivity index (χ1n) is 5.81. The number of carbonyl (C=O) groups excluding carboxylic acids is 1. The Morgan fingerprint density at radius 1 is 1.20 bits per heavy atom. The Kier molecular flexibility index (Phi) is 3.93. The second-order valence-corrected chi connectivity index (χ2v) is 6.05. The summed E-state index contributed by atoms with van der Waals surface area (Å²) in [4.78, 5) is 16.8. The minimum Gasteiger partial charge on any atom is -0.451 e. The largest absolute Gasteiger partial charge is 0.451 e. The summed E-state index contributed by atoms with van der Waals surface area (Å²) in [5.74, 6) is 0.504. The summed E-state index contributed by atoms with van der Waals surface area (Å²) in [6.45, 7) is 0. The van der Waals surface area contributed by atoms with Crippen LogP contribution in [0.25, 0.3) is 6.08 Å². The van der Waals surface area contributed by atoms with Gasteiger partial charge in [-0.05, 0) is 58.6 Å². The molecule has 1 fully saturated rings. The molecule has 6 heteroatoms. The van der Waals surface area contributed by atoms with E-state index in [4.69, 9.17) is 4.42 Å². The number of amidine groups is 1. The molecule has 1 aliphatic rings. The molecule has 20 heavy (non-hydrogen) atoms. The third-order valence-corrected chi connectivity index (χ3v) is 3.99. The molecule has 0 atom stereocenters. The van der Waals surface area contributed by atoms with Crippen LogP contribution in [0.2, 0.25) is 0 Å². The van der Waals surface area contributed by atoms with Crippen molar-refractivity contribution in [2.24, 2.45) is 4.99 Å². The van der Waals surface area contributed by atoms with Crippen molar-refractivity contribution in [3.05, 3.63) is 56.9 Å². The quantitative estimate of drug-likeness (QED) is 0.621. The van der Waals surface area contributed by atoms with Gasteiger partial charge in [-0.2, -0.15) is 0 Å². The molecule has 2 heterocycles. The van der Waals surface area contributed by atoms with Crippen LogP contribution < -0.4 is 5.32 Å². The number of rotatable bonds is 2. The summed E-state index contributed by atoms with van der Waals surface area (Å²) >= 11 is 3.39. The van der Waals surface area contributed by atoms with Gasteiger partial charge in [0.05, 0.1) is 10.6 Å². The normalized spacial score (nSPS) is 18.8. The van der Waals surface area contributed by atoms with Gasteiger partial charge in [-0.1, -0.05) is 18.2 Å². The zero-order chi connectivity index (χ0) is 13.9. The molecule has 1 aromatic heterocycles. The third-order valence-electron chi connectivity index (χ3n) is 2.51. The lowest BCUT2D eigenvalue weighted by Gasteiger charge is -1.94. The molecule has 1 aliphatic heterocycles. The fourth-order valence-corrected chi connectivity index (χ4v) is 2.89. The number of halogens is 1. The predicted octanol–water partition coefficient (Wildman–Crippen LogP) is 3.78. The van der Waals surface area contributed by atoms with Crippen LogP contribution in [0.4, 0.5) is 5.69 Å². The zero-order valence-corrected chi connectivity index (χ0v) is 13.1. The average molecular weight is 396 g/mol. The minimum atomic E-state index is -0.156. The van der Waals surface area contributed by atoms with Crippen molar-refractivity contribution in [3.63, 3.8) is 0 Å². The molecule has 4 nitrogen and oxygen atoms in total. The molecular formula is C14H9IN2O2S. The molecule has 1 aromatic carbocycles. The van der Waals surface area contributed by atoms with E-state index in [9.17, 15) is 4.79 Å². The molecule has 0 spiro atoms. The number of carbonyl (C=O) groups is 1. The standard InChI is InChI=1S/C14H9IN2O2S/c15-12-7-6-10(19-12)8-11-13(18)17-14(20-11)16-9-4-2-1-3-5-9/h1-8H,(H,16,17,18)/b11-8+. The zero-order valence-electron chi connectivity index (χ0n) is 10.2. The van der Waals surface area contributed by atoms with Gasteiger partial charge in [0.1, 0.15) is 5.76 Å². The Labute approximate surface area is 133 Å². The fraction of sp³-hybridized carbons (Fsp3) is 0. The lowest BCUT2D eigenvalue weighted by molar-refractivity contribution is -0.115. The van der Waals surface area contributed by atoms with Crippen LogP contribution in [-0.2, 0) is 4.79 Å². The van der Waals surface area contributed by atoms with Crippen molar-refractivity contribution in [1.29, 1.82) is 0 Å². The van der Waals surface area contributed by atoms with Gasteiger partial charge < -0.3 is 9.73 Å². The van der Waals surface area contributed by atoms with E-state index in [0.29, 0.717) is 15.8 Å². The average Bonchev–Trinajstić information content (AvgIpc) is 2.98. The maximum absolute atomic E-state index is 11.9. The van der Waals surface area contributed by atoms with Gasteiger partial charge in [-0.15, -0.1) is 0 Å². The van der Waals surface area contributed by atoms with Gasteiger partial charge in [0.15, 0.2) is 8.93 Å². The Bertz CT molecular complexity index is 707. The van der Waals surface area contributed by atoms with Crippen molar-refractivity contribution in [2.75, 3.05) is 0 Å². The SMILES string of the molecule is O=C1NC(=Nc2ccccc2)S/C1=C/c1ccc(I)o1. The van der Waals surface area contributed by atoms with Crippen LogP contribution in [-0.4, -0.2) is 11.1 Å². The number of benzene rings is 1. The minimum absolute atomic E-state index is 0.156. The number of furan rings is 1. The van der Waals surface area contributed by atoms with Crippen molar-refractivity contribution in [1.82, 2.24) is 5.32 Å². The number of thioether (sulfide) groups is 1. The third kappa shape index (κ3) is 3.13. The summed E-state index contributed by atoms with van der Waals surface area (Å²) in [7, 11) is 0. The summed E-state index contributed by atoms with van der Waals surface area (Å²) in [6, 6.07) is 13.2. The van der Waals surface area contributed by atoms with Crippen LogP contribution >= 0.6 is 34.4 Å². The lowest BCUT2D eigenvalue weighted by Crippen LogP contribution is -2.19. The maximum Gasteiger partial charge on any atom is 0.264 e. The molecule has 0 aliphatic carbocycles. The molecule has 0 bridgehead atoms. The first-order chi connectivity index (χ1) is 9.70. The Balaban J connectivity index is 1.82. The monoisotopic (exact) mass is 396 g/mol. The molecule has 1 amide bonds. The second kappa shape index (κ2) is 5.84.